The van der Waals surface area contributed by atoms with E-state index in [2.05, 4.69) is 19.9 Å². The van der Waals surface area contributed by atoms with E-state index in [4.69, 9.17) is 15.0 Å². The van der Waals surface area contributed by atoms with Crippen LogP contribution in [0.4, 0.5) is 11.6 Å². The Kier molecular flexibility index (Phi) is 4.31. The van der Waals surface area contributed by atoms with Crippen molar-refractivity contribution >= 4 is 22.7 Å². The second-order valence-electron chi connectivity index (χ2n) is 7.26. The summed E-state index contributed by atoms with van der Waals surface area (Å²) in [5.74, 6) is 1.87. The second kappa shape index (κ2) is 7.12. The SMILES string of the molecule is Cc1nc2ccccc2nc1N1CCN(c2cncc(-c3cnn(C)c3)n2)CC1. The van der Waals surface area contributed by atoms with Crippen LogP contribution in [0.15, 0.2) is 49.1 Å². The van der Waals surface area contributed by atoms with E-state index >= 15 is 0 Å². The molecule has 0 atom stereocenters. The molecule has 0 N–H and O–H groups in total. The minimum atomic E-state index is 0.842. The van der Waals surface area contributed by atoms with E-state index in [9.17, 15) is 0 Å². The lowest BCUT2D eigenvalue weighted by molar-refractivity contribution is 0.639. The molecule has 0 unspecified atom stereocenters. The summed E-state index contributed by atoms with van der Waals surface area (Å²) in [7, 11) is 1.90. The van der Waals surface area contributed by atoms with E-state index < -0.39 is 0 Å². The van der Waals surface area contributed by atoms with Crippen molar-refractivity contribution in [1.29, 1.82) is 0 Å². The van der Waals surface area contributed by atoms with Crippen molar-refractivity contribution in [2.45, 2.75) is 6.92 Å². The van der Waals surface area contributed by atoms with Gasteiger partial charge in [0.2, 0.25) is 0 Å². The summed E-state index contributed by atoms with van der Waals surface area (Å²) in [4.78, 5) is 23.4. The number of hydrogen-bond donors (Lipinski definition) is 0. The van der Waals surface area contributed by atoms with Gasteiger partial charge in [0.25, 0.3) is 0 Å². The molecule has 4 aromatic rings. The topological polar surface area (TPSA) is 75.9 Å². The number of piperazine rings is 1. The molecular weight excluding hydrogens is 364 g/mol. The number of aromatic nitrogens is 6. The lowest BCUT2D eigenvalue weighted by Crippen LogP contribution is -2.47. The Morgan fingerprint density at radius 2 is 1.55 bits per heavy atom. The molecule has 1 aliphatic rings. The Morgan fingerprint density at radius 1 is 0.828 bits per heavy atom. The third-order valence-electron chi connectivity index (χ3n) is 5.25. The van der Waals surface area contributed by atoms with Gasteiger partial charge in [-0.2, -0.15) is 5.10 Å². The molecule has 0 amide bonds. The highest BCUT2D eigenvalue weighted by atomic mass is 15.3. The molecule has 146 valence electrons. The van der Waals surface area contributed by atoms with Gasteiger partial charge in [-0.15, -0.1) is 0 Å². The largest absolute Gasteiger partial charge is 0.352 e. The normalized spacial score (nSPS) is 14.6. The summed E-state index contributed by atoms with van der Waals surface area (Å²) >= 11 is 0. The van der Waals surface area contributed by atoms with Crippen LogP contribution in [0.3, 0.4) is 0 Å². The van der Waals surface area contributed by atoms with Crippen molar-refractivity contribution in [2.24, 2.45) is 7.05 Å². The summed E-state index contributed by atoms with van der Waals surface area (Å²) in [5.41, 5.74) is 4.66. The minimum Gasteiger partial charge on any atom is -0.352 e. The predicted octanol–water partition coefficient (Wildman–Crippen LogP) is 2.46. The van der Waals surface area contributed by atoms with Gasteiger partial charge in [-0.05, 0) is 19.1 Å². The molecule has 4 heterocycles. The Labute approximate surface area is 168 Å². The molecule has 0 aliphatic carbocycles. The highest BCUT2D eigenvalue weighted by Crippen LogP contribution is 2.23. The van der Waals surface area contributed by atoms with Gasteiger partial charge in [0.1, 0.15) is 5.82 Å². The molecule has 1 aliphatic heterocycles. The van der Waals surface area contributed by atoms with Crippen LogP contribution in [0, 0.1) is 6.92 Å². The second-order valence-corrected chi connectivity index (χ2v) is 7.26. The first-order valence-electron chi connectivity index (χ1n) is 9.72. The van der Waals surface area contributed by atoms with Crippen molar-refractivity contribution in [3.8, 4) is 11.3 Å². The van der Waals surface area contributed by atoms with Crippen LogP contribution >= 0.6 is 0 Å². The molecule has 1 saturated heterocycles. The first-order chi connectivity index (χ1) is 14.2. The Hall–Kier alpha value is -3.55. The molecule has 0 spiro atoms. The van der Waals surface area contributed by atoms with E-state index in [1.807, 2.05) is 56.8 Å². The summed E-state index contributed by atoms with van der Waals surface area (Å²) in [6.07, 6.45) is 7.38. The summed E-state index contributed by atoms with van der Waals surface area (Å²) < 4.78 is 1.77. The molecular formula is C21H22N8. The number of anilines is 2. The number of nitrogens with zero attached hydrogens (tertiary/aromatic N) is 8. The van der Waals surface area contributed by atoms with Crippen LogP contribution in [0.5, 0.6) is 0 Å². The zero-order valence-corrected chi connectivity index (χ0v) is 16.5. The number of para-hydroxylation sites is 2. The van der Waals surface area contributed by atoms with Gasteiger partial charge in [-0.3, -0.25) is 9.67 Å². The van der Waals surface area contributed by atoms with E-state index in [-0.39, 0.29) is 0 Å². The minimum absolute atomic E-state index is 0.842. The zero-order chi connectivity index (χ0) is 19.8. The molecule has 5 rings (SSSR count). The van der Waals surface area contributed by atoms with Gasteiger partial charge in [-0.1, -0.05) is 12.1 Å². The predicted molar refractivity (Wildman–Crippen MR) is 113 cm³/mol. The standard InChI is InChI=1S/C21H22N8/c1-15-21(26-18-6-4-3-5-17(18)24-15)29-9-7-28(8-10-29)20-13-22-12-19(25-20)16-11-23-27(2)14-16/h3-6,11-14H,7-10H2,1-2H3. The van der Waals surface area contributed by atoms with Gasteiger partial charge in [-0.25, -0.2) is 15.0 Å². The molecule has 0 saturated carbocycles. The van der Waals surface area contributed by atoms with Gasteiger partial charge < -0.3 is 9.80 Å². The highest BCUT2D eigenvalue weighted by molar-refractivity contribution is 5.76. The summed E-state index contributed by atoms with van der Waals surface area (Å²) in [6.45, 7) is 5.49. The molecule has 1 fully saturated rings. The fourth-order valence-corrected chi connectivity index (χ4v) is 3.73. The molecule has 0 bridgehead atoms. The van der Waals surface area contributed by atoms with E-state index in [0.717, 1.165) is 65.8 Å². The summed E-state index contributed by atoms with van der Waals surface area (Å²) in [5, 5.41) is 4.22. The quantitative estimate of drug-likeness (QED) is 0.535. The lowest BCUT2D eigenvalue weighted by Gasteiger charge is -2.36. The Bertz CT molecular complexity index is 1160. The van der Waals surface area contributed by atoms with Gasteiger partial charge in [0, 0.05) is 45.0 Å². The van der Waals surface area contributed by atoms with Crippen molar-refractivity contribution in [1.82, 2.24) is 29.7 Å². The number of benzene rings is 1. The maximum absolute atomic E-state index is 4.86. The Morgan fingerprint density at radius 3 is 2.28 bits per heavy atom. The average Bonchev–Trinajstić information content (AvgIpc) is 3.20. The molecule has 8 heteroatoms. The van der Waals surface area contributed by atoms with Gasteiger partial charge >= 0.3 is 0 Å². The Balaban J connectivity index is 1.34. The number of aryl methyl sites for hydroxylation is 2. The number of fused-ring (bicyclic) bond motifs is 1. The van der Waals surface area contributed by atoms with Crippen molar-refractivity contribution in [2.75, 3.05) is 36.0 Å². The fraction of sp³-hybridized carbons (Fsp3) is 0.286. The van der Waals surface area contributed by atoms with Crippen LogP contribution in [0.25, 0.3) is 22.3 Å². The first kappa shape index (κ1) is 17.5. The monoisotopic (exact) mass is 386 g/mol. The van der Waals surface area contributed by atoms with Crippen molar-refractivity contribution in [3.63, 3.8) is 0 Å². The lowest BCUT2D eigenvalue weighted by atomic mass is 10.2. The molecule has 0 radical (unpaired) electrons. The van der Waals surface area contributed by atoms with E-state index in [1.54, 1.807) is 10.9 Å². The van der Waals surface area contributed by atoms with Crippen LogP contribution in [0.2, 0.25) is 0 Å². The molecule has 8 nitrogen and oxygen atoms in total. The first-order valence-corrected chi connectivity index (χ1v) is 9.72. The van der Waals surface area contributed by atoms with E-state index in [1.165, 1.54) is 0 Å². The summed E-state index contributed by atoms with van der Waals surface area (Å²) in [6, 6.07) is 8.02. The van der Waals surface area contributed by atoms with Gasteiger partial charge in [0.05, 0.1) is 41.0 Å². The number of hydrogen-bond acceptors (Lipinski definition) is 7. The van der Waals surface area contributed by atoms with Crippen molar-refractivity contribution in [3.05, 3.63) is 54.7 Å². The third kappa shape index (κ3) is 3.37. The molecule has 3 aromatic heterocycles. The highest BCUT2D eigenvalue weighted by Gasteiger charge is 2.22. The maximum Gasteiger partial charge on any atom is 0.150 e. The van der Waals surface area contributed by atoms with Gasteiger partial charge in [0.15, 0.2) is 5.82 Å². The average molecular weight is 386 g/mol. The molecule has 1 aromatic carbocycles. The van der Waals surface area contributed by atoms with Crippen LogP contribution < -0.4 is 9.80 Å². The van der Waals surface area contributed by atoms with Crippen LogP contribution in [-0.4, -0.2) is 55.9 Å². The number of rotatable bonds is 3. The van der Waals surface area contributed by atoms with E-state index in [0.29, 0.717) is 0 Å². The van der Waals surface area contributed by atoms with Crippen LogP contribution in [-0.2, 0) is 7.05 Å². The molecule has 29 heavy (non-hydrogen) atoms. The smallest absolute Gasteiger partial charge is 0.150 e. The maximum atomic E-state index is 4.86. The fourth-order valence-electron chi connectivity index (χ4n) is 3.73. The van der Waals surface area contributed by atoms with Crippen LogP contribution in [0.1, 0.15) is 5.69 Å². The third-order valence-corrected chi connectivity index (χ3v) is 5.25. The zero-order valence-electron chi connectivity index (χ0n) is 16.5. The van der Waals surface area contributed by atoms with Crippen molar-refractivity contribution < 1.29 is 0 Å².